The van der Waals surface area contributed by atoms with Crippen LogP contribution in [0, 0.1) is 0 Å². The lowest BCUT2D eigenvalue weighted by molar-refractivity contribution is 0.0869. The number of rotatable bonds is 6. The second-order valence-corrected chi connectivity index (χ2v) is 5.22. The zero-order valence-electron chi connectivity index (χ0n) is 13.3. The van der Waals surface area contributed by atoms with Crippen molar-refractivity contribution in [1.29, 1.82) is 0 Å². The number of Topliss-reactive ketones (excluding diaryl/α,β-unsaturated/α-hetero) is 1. The molecule has 0 saturated heterocycles. The van der Waals surface area contributed by atoms with Gasteiger partial charge in [0.25, 0.3) is 5.91 Å². The Morgan fingerprint density at radius 2 is 1.32 bits per heavy atom. The van der Waals surface area contributed by atoms with Crippen LogP contribution in [-0.2, 0) is 0 Å². The summed E-state index contributed by atoms with van der Waals surface area (Å²) in [4.78, 5) is 33.3. The fourth-order valence-corrected chi connectivity index (χ4v) is 2.24. The molecule has 1 amide bonds. The van der Waals surface area contributed by atoms with Crippen molar-refractivity contribution in [3.05, 3.63) is 90.3 Å². The van der Waals surface area contributed by atoms with Crippen LogP contribution in [0.15, 0.2) is 79.1 Å². The Labute approximate surface area is 145 Å². The van der Waals surface area contributed by atoms with E-state index in [2.05, 4.69) is 20.6 Å². The average molecular weight is 332 g/mol. The Morgan fingerprint density at radius 1 is 0.760 bits per heavy atom. The Hall–Kier alpha value is -3.54. The SMILES string of the molecule is O=C(N[C@H](Nc1ncccn1)C(=O)c1ccccc1)c1ccccc1. The van der Waals surface area contributed by atoms with Gasteiger partial charge in [-0.1, -0.05) is 48.5 Å². The minimum atomic E-state index is -0.988. The summed E-state index contributed by atoms with van der Waals surface area (Å²) in [6.45, 7) is 0. The zero-order valence-corrected chi connectivity index (χ0v) is 13.3. The summed E-state index contributed by atoms with van der Waals surface area (Å²) in [6, 6.07) is 19.1. The van der Waals surface area contributed by atoms with Gasteiger partial charge in [0.15, 0.2) is 6.17 Å². The molecule has 0 aliphatic carbocycles. The summed E-state index contributed by atoms with van der Waals surface area (Å²) < 4.78 is 0. The molecule has 25 heavy (non-hydrogen) atoms. The predicted molar refractivity (Wildman–Crippen MR) is 94.1 cm³/mol. The van der Waals surface area contributed by atoms with E-state index in [1.807, 2.05) is 12.1 Å². The van der Waals surface area contributed by atoms with Gasteiger partial charge in [-0.3, -0.25) is 9.59 Å². The van der Waals surface area contributed by atoms with Crippen molar-refractivity contribution in [3.8, 4) is 0 Å². The molecule has 0 radical (unpaired) electrons. The van der Waals surface area contributed by atoms with Crippen molar-refractivity contribution < 1.29 is 9.59 Å². The van der Waals surface area contributed by atoms with Crippen LogP contribution < -0.4 is 10.6 Å². The molecule has 124 valence electrons. The van der Waals surface area contributed by atoms with E-state index < -0.39 is 6.17 Å². The number of hydrogen-bond acceptors (Lipinski definition) is 5. The molecule has 0 saturated carbocycles. The molecular formula is C19H16N4O2. The smallest absolute Gasteiger partial charge is 0.253 e. The molecule has 1 heterocycles. The van der Waals surface area contributed by atoms with Gasteiger partial charge in [-0.15, -0.1) is 0 Å². The van der Waals surface area contributed by atoms with Gasteiger partial charge < -0.3 is 10.6 Å². The van der Waals surface area contributed by atoms with Crippen molar-refractivity contribution in [2.75, 3.05) is 5.32 Å². The molecule has 6 nitrogen and oxygen atoms in total. The maximum atomic E-state index is 12.8. The molecule has 6 heteroatoms. The first kappa shape index (κ1) is 16.3. The van der Waals surface area contributed by atoms with E-state index in [0.29, 0.717) is 11.1 Å². The number of carbonyl (C=O) groups excluding carboxylic acids is 2. The van der Waals surface area contributed by atoms with E-state index in [9.17, 15) is 9.59 Å². The molecule has 1 atom stereocenters. The maximum Gasteiger partial charge on any atom is 0.253 e. The van der Waals surface area contributed by atoms with Gasteiger partial charge in [0, 0.05) is 23.5 Å². The number of amides is 1. The van der Waals surface area contributed by atoms with Gasteiger partial charge in [-0.25, -0.2) is 9.97 Å². The second kappa shape index (κ2) is 7.83. The van der Waals surface area contributed by atoms with Crippen LogP contribution in [0.4, 0.5) is 5.95 Å². The normalized spacial score (nSPS) is 11.4. The van der Waals surface area contributed by atoms with Crippen molar-refractivity contribution in [1.82, 2.24) is 15.3 Å². The summed E-state index contributed by atoms with van der Waals surface area (Å²) >= 11 is 0. The topological polar surface area (TPSA) is 84.0 Å². The van der Waals surface area contributed by atoms with Crippen molar-refractivity contribution in [2.45, 2.75) is 6.17 Å². The summed E-state index contributed by atoms with van der Waals surface area (Å²) in [5, 5.41) is 5.57. The highest BCUT2D eigenvalue weighted by atomic mass is 16.2. The second-order valence-electron chi connectivity index (χ2n) is 5.22. The molecule has 3 aromatic rings. The highest BCUT2D eigenvalue weighted by molar-refractivity contribution is 6.05. The molecule has 0 aliphatic heterocycles. The van der Waals surface area contributed by atoms with Gasteiger partial charge in [0.05, 0.1) is 0 Å². The number of benzene rings is 2. The highest BCUT2D eigenvalue weighted by Gasteiger charge is 2.23. The summed E-state index contributed by atoms with van der Waals surface area (Å²) in [6.07, 6.45) is 2.12. The van der Waals surface area contributed by atoms with Crippen molar-refractivity contribution in [2.24, 2.45) is 0 Å². The first-order valence-electron chi connectivity index (χ1n) is 7.73. The largest absolute Gasteiger partial charge is 0.327 e. The molecule has 0 fully saturated rings. The third-order valence-electron chi connectivity index (χ3n) is 3.47. The Bertz CT molecular complexity index is 839. The standard InChI is InChI=1S/C19H16N4O2/c24-16(14-8-3-1-4-9-14)17(23-19-20-12-7-13-21-19)22-18(25)15-10-5-2-6-11-15/h1-13,17H,(H,22,25)(H,20,21,23)/t17-/m1/s1. The number of carbonyl (C=O) groups is 2. The van der Waals surface area contributed by atoms with Crippen LogP contribution >= 0.6 is 0 Å². The quantitative estimate of drug-likeness (QED) is 0.535. The number of nitrogens with zero attached hydrogens (tertiary/aromatic N) is 2. The maximum absolute atomic E-state index is 12.8. The molecule has 0 unspecified atom stereocenters. The summed E-state index contributed by atoms with van der Waals surface area (Å²) in [7, 11) is 0. The van der Waals surface area contributed by atoms with E-state index in [-0.39, 0.29) is 17.6 Å². The first-order valence-corrected chi connectivity index (χ1v) is 7.73. The fraction of sp³-hybridized carbons (Fsp3) is 0.0526. The lowest BCUT2D eigenvalue weighted by atomic mass is 10.1. The molecule has 0 spiro atoms. The van der Waals surface area contributed by atoms with E-state index in [1.165, 1.54) is 0 Å². The summed E-state index contributed by atoms with van der Waals surface area (Å²) in [5.74, 6) is -0.388. The molecule has 0 bridgehead atoms. The van der Waals surface area contributed by atoms with Gasteiger partial charge in [0.2, 0.25) is 11.7 Å². The number of ketones is 1. The predicted octanol–water partition coefficient (Wildman–Crippen LogP) is 2.53. The van der Waals surface area contributed by atoms with Gasteiger partial charge in [-0.2, -0.15) is 0 Å². The van der Waals surface area contributed by atoms with Crippen LogP contribution in [0.5, 0.6) is 0 Å². The van der Waals surface area contributed by atoms with Gasteiger partial charge >= 0.3 is 0 Å². The number of aromatic nitrogens is 2. The lowest BCUT2D eigenvalue weighted by Gasteiger charge is -2.19. The minimum absolute atomic E-state index is 0.255. The third kappa shape index (κ3) is 4.26. The average Bonchev–Trinajstić information content (AvgIpc) is 2.69. The Balaban J connectivity index is 1.83. The Morgan fingerprint density at radius 3 is 1.92 bits per heavy atom. The number of anilines is 1. The monoisotopic (exact) mass is 332 g/mol. The minimum Gasteiger partial charge on any atom is -0.327 e. The zero-order chi connectivity index (χ0) is 17.5. The molecule has 2 N–H and O–H groups in total. The van der Waals surface area contributed by atoms with Gasteiger partial charge in [0.1, 0.15) is 0 Å². The van der Waals surface area contributed by atoms with Crippen LogP contribution in [0.25, 0.3) is 0 Å². The molecule has 3 rings (SSSR count). The number of nitrogens with one attached hydrogen (secondary N) is 2. The van der Waals surface area contributed by atoms with E-state index in [4.69, 9.17) is 0 Å². The van der Waals surface area contributed by atoms with Crippen LogP contribution in [0.1, 0.15) is 20.7 Å². The lowest BCUT2D eigenvalue weighted by Crippen LogP contribution is -2.46. The molecule has 1 aromatic heterocycles. The van der Waals surface area contributed by atoms with Crippen molar-refractivity contribution in [3.63, 3.8) is 0 Å². The van der Waals surface area contributed by atoms with E-state index in [0.717, 1.165) is 0 Å². The van der Waals surface area contributed by atoms with Gasteiger partial charge in [-0.05, 0) is 18.2 Å². The third-order valence-corrected chi connectivity index (χ3v) is 3.47. The first-order chi connectivity index (χ1) is 12.2. The fourth-order valence-electron chi connectivity index (χ4n) is 2.24. The van der Waals surface area contributed by atoms with Crippen LogP contribution in [-0.4, -0.2) is 27.8 Å². The highest BCUT2D eigenvalue weighted by Crippen LogP contribution is 2.07. The van der Waals surface area contributed by atoms with Crippen LogP contribution in [0.2, 0.25) is 0 Å². The number of hydrogen-bond donors (Lipinski definition) is 2. The van der Waals surface area contributed by atoms with Crippen molar-refractivity contribution >= 4 is 17.6 Å². The van der Waals surface area contributed by atoms with E-state index in [1.54, 1.807) is 67.0 Å². The molecular weight excluding hydrogens is 316 g/mol. The Kier molecular flexibility index (Phi) is 5.11. The van der Waals surface area contributed by atoms with Crippen LogP contribution in [0.3, 0.4) is 0 Å². The molecule has 2 aromatic carbocycles. The summed E-state index contributed by atoms with van der Waals surface area (Å²) in [5.41, 5.74) is 0.938. The molecule has 0 aliphatic rings. The van der Waals surface area contributed by atoms with E-state index >= 15 is 0 Å².